The van der Waals surface area contributed by atoms with Crippen molar-refractivity contribution in [1.82, 2.24) is 4.98 Å². The second-order valence-corrected chi connectivity index (χ2v) is 5.36. The number of hydrogen-bond acceptors (Lipinski definition) is 2. The summed E-state index contributed by atoms with van der Waals surface area (Å²) in [5.41, 5.74) is 1.34. The number of benzene rings is 2. The van der Waals surface area contributed by atoms with Gasteiger partial charge in [0.05, 0.1) is 16.6 Å². The maximum atomic E-state index is 12.6. The Balaban J connectivity index is 1.91. The summed E-state index contributed by atoms with van der Waals surface area (Å²) >= 11 is 0. The van der Waals surface area contributed by atoms with E-state index in [-0.39, 0.29) is 0 Å². The van der Waals surface area contributed by atoms with E-state index in [1.807, 2.05) is 6.07 Å². The van der Waals surface area contributed by atoms with Crippen molar-refractivity contribution in [1.29, 1.82) is 0 Å². The van der Waals surface area contributed by atoms with Crippen LogP contribution in [0.25, 0.3) is 10.9 Å². The number of aryl methyl sites for hydroxylation is 1. The molecule has 1 aromatic heterocycles. The van der Waals surface area contributed by atoms with Gasteiger partial charge in [-0.2, -0.15) is 13.2 Å². The predicted molar refractivity (Wildman–Crippen MR) is 85.9 cm³/mol. The lowest BCUT2D eigenvalue weighted by Gasteiger charge is -2.10. The Morgan fingerprint density at radius 3 is 2.38 bits per heavy atom. The van der Waals surface area contributed by atoms with E-state index in [9.17, 15) is 18.0 Å². The highest BCUT2D eigenvalue weighted by Gasteiger charge is 2.30. The van der Waals surface area contributed by atoms with Gasteiger partial charge >= 0.3 is 6.18 Å². The Morgan fingerprint density at radius 1 is 1.04 bits per heavy atom. The number of anilines is 1. The molecule has 3 aromatic rings. The molecular formula is C18H13F3N2O. The van der Waals surface area contributed by atoms with E-state index in [0.717, 1.165) is 12.1 Å². The van der Waals surface area contributed by atoms with Crippen molar-refractivity contribution < 1.29 is 18.0 Å². The summed E-state index contributed by atoms with van der Waals surface area (Å²) in [5, 5.41) is 3.31. The first kappa shape index (κ1) is 16.0. The van der Waals surface area contributed by atoms with Gasteiger partial charge in [0.15, 0.2) is 0 Å². The molecule has 122 valence electrons. The molecule has 0 aliphatic rings. The summed E-state index contributed by atoms with van der Waals surface area (Å²) in [6, 6.07) is 13.2. The molecule has 3 nitrogen and oxygen atoms in total. The first-order valence-electron chi connectivity index (χ1n) is 7.19. The molecule has 2 aromatic carbocycles. The number of aromatic nitrogens is 1. The third kappa shape index (κ3) is 3.22. The van der Waals surface area contributed by atoms with Crippen LogP contribution in [-0.2, 0) is 6.18 Å². The number of nitrogens with zero attached hydrogens (tertiary/aromatic N) is 1. The van der Waals surface area contributed by atoms with E-state index in [2.05, 4.69) is 10.3 Å². The van der Waals surface area contributed by atoms with E-state index in [0.29, 0.717) is 27.8 Å². The molecule has 0 spiro atoms. The van der Waals surface area contributed by atoms with Crippen LogP contribution in [-0.4, -0.2) is 10.9 Å². The van der Waals surface area contributed by atoms with Crippen molar-refractivity contribution >= 4 is 22.5 Å². The second-order valence-electron chi connectivity index (χ2n) is 5.36. The summed E-state index contributed by atoms with van der Waals surface area (Å²) < 4.78 is 37.7. The van der Waals surface area contributed by atoms with Crippen LogP contribution in [0.2, 0.25) is 0 Å². The molecule has 0 saturated carbocycles. The summed E-state index contributed by atoms with van der Waals surface area (Å²) in [6.07, 6.45) is -4.40. The average molecular weight is 330 g/mol. The molecule has 0 fully saturated rings. The lowest BCUT2D eigenvalue weighted by Crippen LogP contribution is -2.13. The number of alkyl halides is 3. The van der Waals surface area contributed by atoms with Crippen molar-refractivity contribution in [2.75, 3.05) is 5.32 Å². The van der Waals surface area contributed by atoms with Crippen LogP contribution < -0.4 is 5.32 Å². The molecule has 0 atom stereocenters. The Hall–Kier alpha value is -2.89. The third-order valence-electron chi connectivity index (χ3n) is 3.56. The topological polar surface area (TPSA) is 42.0 Å². The van der Waals surface area contributed by atoms with Gasteiger partial charge in [-0.3, -0.25) is 9.78 Å². The second kappa shape index (κ2) is 5.96. The van der Waals surface area contributed by atoms with Gasteiger partial charge in [0.25, 0.3) is 5.91 Å². The van der Waals surface area contributed by atoms with Gasteiger partial charge in [0.2, 0.25) is 0 Å². The van der Waals surface area contributed by atoms with E-state index < -0.39 is 17.6 Å². The summed E-state index contributed by atoms with van der Waals surface area (Å²) in [7, 11) is 0. The van der Waals surface area contributed by atoms with E-state index in [4.69, 9.17) is 0 Å². The van der Waals surface area contributed by atoms with E-state index in [1.165, 1.54) is 12.1 Å². The Labute approximate surface area is 136 Å². The van der Waals surface area contributed by atoms with Crippen molar-refractivity contribution in [2.24, 2.45) is 0 Å². The van der Waals surface area contributed by atoms with Crippen molar-refractivity contribution in [3.05, 3.63) is 71.4 Å². The van der Waals surface area contributed by atoms with Crippen LogP contribution in [0.5, 0.6) is 0 Å². The standard InChI is InChI=1S/C18H13F3N2O/c1-11-10-15(14-4-2-3-5-16(14)22-11)17(24)23-13-8-6-12(7-9-13)18(19,20)21/h2-10H,1H3,(H,23,24). The van der Waals surface area contributed by atoms with Gasteiger partial charge in [0, 0.05) is 16.8 Å². The van der Waals surface area contributed by atoms with Crippen LogP contribution in [0.3, 0.4) is 0 Å². The zero-order valence-electron chi connectivity index (χ0n) is 12.7. The molecule has 0 unspecified atom stereocenters. The predicted octanol–water partition coefficient (Wildman–Crippen LogP) is 4.81. The van der Waals surface area contributed by atoms with Crippen LogP contribution >= 0.6 is 0 Å². The van der Waals surface area contributed by atoms with Gasteiger partial charge in [-0.05, 0) is 43.3 Å². The van der Waals surface area contributed by atoms with Crippen LogP contribution in [0.4, 0.5) is 18.9 Å². The Bertz CT molecular complexity index is 902. The highest BCUT2D eigenvalue weighted by molar-refractivity contribution is 6.12. The van der Waals surface area contributed by atoms with Crippen LogP contribution in [0.1, 0.15) is 21.6 Å². The molecular weight excluding hydrogens is 317 g/mol. The minimum absolute atomic E-state index is 0.298. The molecule has 1 heterocycles. The number of carbonyl (C=O) groups excluding carboxylic acids is 1. The molecule has 0 aliphatic heterocycles. The number of halogens is 3. The Morgan fingerprint density at radius 2 is 1.71 bits per heavy atom. The SMILES string of the molecule is Cc1cc(C(=O)Nc2ccc(C(F)(F)F)cc2)c2ccccc2n1. The fourth-order valence-electron chi connectivity index (χ4n) is 2.44. The van der Waals surface area contributed by atoms with Crippen molar-refractivity contribution in [2.45, 2.75) is 13.1 Å². The van der Waals surface area contributed by atoms with Crippen LogP contribution in [0, 0.1) is 6.92 Å². The minimum atomic E-state index is -4.40. The first-order valence-corrected chi connectivity index (χ1v) is 7.19. The van der Waals surface area contributed by atoms with Crippen molar-refractivity contribution in [3.8, 4) is 0 Å². The number of fused-ring (bicyclic) bond motifs is 1. The molecule has 0 radical (unpaired) electrons. The van der Waals surface area contributed by atoms with Crippen LogP contribution in [0.15, 0.2) is 54.6 Å². The molecule has 0 aliphatic carbocycles. The molecule has 6 heteroatoms. The summed E-state index contributed by atoms with van der Waals surface area (Å²) in [5.74, 6) is -0.392. The summed E-state index contributed by atoms with van der Waals surface area (Å²) in [6.45, 7) is 1.78. The van der Waals surface area contributed by atoms with Gasteiger partial charge in [0.1, 0.15) is 0 Å². The van der Waals surface area contributed by atoms with Gasteiger partial charge < -0.3 is 5.32 Å². The number of para-hydroxylation sites is 1. The number of amides is 1. The zero-order chi connectivity index (χ0) is 17.3. The van der Waals surface area contributed by atoms with Crippen molar-refractivity contribution in [3.63, 3.8) is 0 Å². The molecule has 1 N–H and O–H groups in total. The zero-order valence-corrected chi connectivity index (χ0v) is 12.7. The lowest BCUT2D eigenvalue weighted by atomic mass is 10.1. The van der Waals surface area contributed by atoms with E-state index in [1.54, 1.807) is 31.2 Å². The fraction of sp³-hybridized carbons (Fsp3) is 0.111. The van der Waals surface area contributed by atoms with Gasteiger partial charge in [-0.25, -0.2) is 0 Å². The van der Waals surface area contributed by atoms with E-state index >= 15 is 0 Å². The molecule has 0 saturated heterocycles. The largest absolute Gasteiger partial charge is 0.416 e. The number of rotatable bonds is 2. The number of carbonyl (C=O) groups is 1. The number of pyridine rings is 1. The summed E-state index contributed by atoms with van der Waals surface area (Å²) in [4.78, 5) is 16.9. The first-order chi connectivity index (χ1) is 11.3. The van der Waals surface area contributed by atoms with Gasteiger partial charge in [-0.1, -0.05) is 18.2 Å². The smallest absolute Gasteiger partial charge is 0.322 e. The monoisotopic (exact) mass is 330 g/mol. The highest BCUT2D eigenvalue weighted by Crippen LogP contribution is 2.30. The maximum Gasteiger partial charge on any atom is 0.416 e. The number of nitrogens with one attached hydrogen (secondary N) is 1. The highest BCUT2D eigenvalue weighted by atomic mass is 19.4. The maximum absolute atomic E-state index is 12.6. The molecule has 3 rings (SSSR count). The quantitative estimate of drug-likeness (QED) is 0.732. The van der Waals surface area contributed by atoms with Gasteiger partial charge in [-0.15, -0.1) is 0 Å². The normalized spacial score (nSPS) is 11.5. The molecule has 1 amide bonds. The lowest BCUT2D eigenvalue weighted by molar-refractivity contribution is -0.137. The number of hydrogen-bond donors (Lipinski definition) is 1. The fourth-order valence-corrected chi connectivity index (χ4v) is 2.44. The Kier molecular flexibility index (Phi) is 3.97. The third-order valence-corrected chi connectivity index (χ3v) is 3.56. The average Bonchev–Trinajstić information content (AvgIpc) is 2.53. The minimum Gasteiger partial charge on any atom is -0.322 e. The molecule has 24 heavy (non-hydrogen) atoms. The molecule has 0 bridgehead atoms.